The van der Waals surface area contributed by atoms with E-state index >= 15 is 0 Å². The summed E-state index contributed by atoms with van der Waals surface area (Å²) in [6, 6.07) is 15.4. The Hall–Kier alpha value is -3.54. The Balaban J connectivity index is 1.26. The lowest BCUT2D eigenvalue weighted by atomic mass is 10.1. The zero-order valence-corrected chi connectivity index (χ0v) is 17.3. The monoisotopic (exact) mass is 416 g/mol. The van der Waals surface area contributed by atoms with Gasteiger partial charge in [0.2, 0.25) is 0 Å². The number of carbonyl (C=O) groups excluding carboxylic acids is 2. The Bertz CT molecular complexity index is 1000. The summed E-state index contributed by atoms with van der Waals surface area (Å²) in [5.41, 5.74) is 3.15. The highest BCUT2D eigenvalue weighted by molar-refractivity contribution is 6.00. The van der Waals surface area contributed by atoms with Crippen LogP contribution in [-0.2, 0) is 9.59 Å². The fourth-order valence-corrected chi connectivity index (χ4v) is 4.21. The summed E-state index contributed by atoms with van der Waals surface area (Å²) in [5, 5.41) is 0. The molecule has 0 bridgehead atoms. The van der Waals surface area contributed by atoms with Crippen LogP contribution in [0.15, 0.2) is 59.7 Å². The van der Waals surface area contributed by atoms with Crippen LogP contribution in [0.1, 0.15) is 17.5 Å². The van der Waals surface area contributed by atoms with E-state index in [0.29, 0.717) is 37.3 Å². The van der Waals surface area contributed by atoms with E-state index in [1.54, 1.807) is 0 Å². The molecular formula is C25H24N2O4. The molecule has 0 aliphatic carbocycles. The van der Waals surface area contributed by atoms with Crippen LogP contribution in [0.4, 0.5) is 0 Å². The van der Waals surface area contributed by atoms with Gasteiger partial charge in [-0.15, -0.1) is 0 Å². The van der Waals surface area contributed by atoms with Crippen LogP contribution in [-0.4, -0.2) is 61.0 Å². The molecule has 158 valence electrons. The number of hydrogen-bond donors (Lipinski definition) is 0. The Morgan fingerprint density at radius 1 is 0.645 bits per heavy atom. The molecule has 2 aromatic rings. The van der Waals surface area contributed by atoms with Crippen LogP contribution in [0.2, 0.25) is 0 Å². The van der Waals surface area contributed by atoms with Crippen LogP contribution in [0.25, 0.3) is 12.2 Å². The van der Waals surface area contributed by atoms with Crippen LogP contribution in [0, 0.1) is 0 Å². The minimum Gasteiger partial charge on any atom is -0.488 e. The number of carbonyl (C=O) groups is 2. The molecule has 0 N–H and O–H groups in total. The summed E-state index contributed by atoms with van der Waals surface area (Å²) in [6.07, 6.45) is 4.57. The molecule has 6 heteroatoms. The number of amides is 2. The first-order chi connectivity index (χ1) is 15.2. The Labute approximate surface area is 181 Å². The molecule has 3 aliphatic heterocycles. The van der Waals surface area contributed by atoms with E-state index in [4.69, 9.17) is 9.47 Å². The first-order valence-electron chi connectivity index (χ1n) is 10.6. The maximum atomic E-state index is 13.1. The smallest absolute Gasteiger partial charge is 0.253 e. The Kier molecular flexibility index (Phi) is 5.20. The van der Waals surface area contributed by atoms with E-state index in [1.807, 2.05) is 70.5 Å². The number of benzene rings is 2. The second-order valence-corrected chi connectivity index (χ2v) is 7.93. The van der Waals surface area contributed by atoms with Crippen molar-refractivity contribution in [2.45, 2.75) is 6.42 Å². The molecule has 5 rings (SSSR count). The summed E-state index contributed by atoms with van der Waals surface area (Å²) in [5.74, 6) is 1.57. The normalized spacial score (nSPS) is 17.8. The van der Waals surface area contributed by atoms with E-state index in [0.717, 1.165) is 29.0 Å². The van der Waals surface area contributed by atoms with Crippen LogP contribution in [0.5, 0.6) is 11.5 Å². The quantitative estimate of drug-likeness (QED) is 0.755. The van der Waals surface area contributed by atoms with Gasteiger partial charge in [-0.05, 0) is 30.7 Å². The molecule has 0 aromatic heterocycles. The second kappa shape index (κ2) is 8.30. The summed E-state index contributed by atoms with van der Waals surface area (Å²) in [4.78, 5) is 29.8. The largest absolute Gasteiger partial charge is 0.488 e. The summed E-state index contributed by atoms with van der Waals surface area (Å²) < 4.78 is 11.5. The number of nitrogens with zero attached hydrogens (tertiary/aromatic N) is 2. The van der Waals surface area contributed by atoms with Crippen molar-refractivity contribution < 1.29 is 19.1 Å². The highest BCUT2D eigenvalue weighted by Gasteiger charge is 2.28. The number of para-hydroxylation sites is 2. The maximum absolute atomic E-state index is 13.1. The molecule has 6 nitrogen and oxygen atoms in total. The van der Waals surface area contributed by atoms with Crippen molar-refractivity contribution in [3.05, 3.63) is 70.8 Å². The lowest BCUT2D eigenvalue weighted by Crippen LogP contribution is -2.39. The first-order valence-corrected chi connectivity index (χ1v) is 10.6. The Morgan fingerprint density at radius 3 is 1.58 bits per heavy atom. The van der Waals surface area contributed by atoms with Crippen molar-refractivity contribution in [3.63, 3.8) is 0 Å². The topological polar surface area (TPSA) is 59.1 Å². The van der Waals surface area contributed by atoms with Gasteiger partial charge in [0.05, 0.1) is 11.1 Å². The minimum absolute atomic E-state index is 0.0158. The molecule has 0 atom stereocenters. The van der Waals surface area contributed by atoms with Gasteiger partial charge in [-0.2, -0.15) is 0 Å². The maximum Gasteiger partial charge on any atom is 0.253 e. The third kappa shape index (κ3) is 3.93. The van der Waals surface area contributed by atoms with E-state index in [-0.39, 0.29) is 25.0 Å². The second-order valence-electron chi connectivity index (χ2n) is 7.93. The van der Waals surface area contributed by atoms with Gasteiger partial charge in [-0.25, -0.2) is 0 Å². The van der Waals surface area contributed by atoms with E-state index < -0.39 is 0 Å². The van der Waals surface area contributed by atoms with Crippen molar-refractivity contribution in [1.82, 2.24) is 9.80 Å². The van der Waals surface area contributed by atoms with Crippen molar-refractivity contribution in [1.29, 1.82) is 0 Å². The van der Waals surface area contributed by atoms with Crippen LogP contribution >= 0.6 is 0 Å². The third-order valence-electron chi connectivity index (χ3n) is 5.88. The first kappa shape index (κ1) is 19.4. The van der Waals surface area contributed by atoms with Gasteiger partial charge < -0.3 is 19.3 Å². The summed E-state index contributed by atoms with van der Waals surface area (Å²) in [6.45, 7) is 2.82. The molecule has 3 heterocycles. The van der Waals surface area contributed by atoms with Crippen LogP contribution in [0.3, 0.4) is 0 Å². The zero-order chi connectivity index (χ0) is 21.2. The van der Waals surface area contributed by atoms with E-state index in [1.165, 1.54) is 0 Å². The van der Waals surface area contributed by atoms with Crippen molar-refractivity contribution in [2.75, 3.05) is 39.4 Å². The zero-order valence-electron chi connectivity index (χ0n) is 17.3. The molecular weight excluding hydrogens is 392 g/mol. The predicted molar refractivity (Wildman–Crippen MR) is 118 cm³/mol. The van der Waals surface area contributed by atoms with Crippen molar-refractivity contribution >= 4 is 24.0 Å². The molecule has 0 saturated carbocycles. The molecule has 0 radical (unpaired) electrons. The molecule has 2 aromatic carbocycles. The standard InChI is InChI=1S/C25H24N2O4/c28-24(20-14-18-6-1-3-8-22(18)30-16-20)26-10-5-11-27(13-12-26)25(29)21-15-19-7-2-4-9-23(19)31-17-21/h1-4,6-9,14-15H,5,10-13,16-17H2. The fraction of sp³-hybridized carbons (Fsp3) is 0.280. The summed E-state index contributed by atoms with van der Waals surface area (Å²) in [7, 11) is 0. The lowest BCUT2D eigenvalue weighted by Gasteiger charge is -2.26. The molecule has 31 heavy (non-hydrogen) atoms. The van der Waals surface area contributed by atoms with Crippen LogP contribution < -0.4 is 9.47 Å². The molecule has 0 spiro atoms. The molecule has 0 unspecified atom stereocenters. The predicted octanol–water partition coefficient (Wildman–Crippen LogP) is 3.00. The van der Waals surface area contributed by atoms with Crippen molar-refractivity contribution in [2.24, 2.45) is 0 Å². The molecule has 3 aliphatic rings. The average molecular weight is 416 g/mol. The minimum atomic E-state index is -0.0158. The molecule has 1 saturated heterocycles. The number of hydrogen-bond acceptors (Lipinski definition) is 4. The highest BCUT2D eigenvalue weighted by Crippen LogP contribution is 2.28. The number of ether oxygens (including phenoxy) is 2. The number of fused-ring (bicyclic) bond motifs is 2. The van der Waals surface area contributed by atoms with Gasteiger partial charge >= 0.3 is 0 Å². The van der Waals surface area contributed by atoms with Gasteiger partial charge in [0.25, 0.3) is 11.8 Å². The van der Waals surface area contributed by atoms with E-state index in [2.05, 4.69) is 0 Å². The third-order valence-corrected chi connectivity index (χ3v) is 5.88. The van der Waals surface area contributed by atoms with Gasteiger partial charge in [0, 0.05) is 37.3 Å². The summed E-state index contributed by atoms with van der Waals surface area (Å²) >= 11 is 0. The SMILES string of the molecule is O=C(C1=Cc2ccccc2OC1)N1CCCN(C(=O)C2=Cc3ccccc3OC2)CC1. The van der Waals surface area contributed by atoms with Gasteiger partial charge in [0.1, 0.15) is 24.7 Å². The Morgan fingerprint density at radius 2 is 1.10 bits per heavy atom. The van der Waals surface area contributed by atoms with E-state index in [9.17, 15) is 9.59 Å². The van der Waals surface area contributed by atoms with Gasteiger partial charge in [0.15, 0.2) is 0 Å². The fourth-order valence-electron chi connectivity index (χ4n) is 4.21. The number of rotatable bonds is 2. The van der Waals surface area contributed by atoms with Gasteiger partial charge in [-0.1, -0.05) is 36.4 Å². The van der Waals surface area contributed by atoms with Gasteiger partial charge in [-0.3, -0.25) is 9.59 Å². The van der Waals surface area contributed by atoms with Crippen molar-refractivity contribution in [3.8, 4) is 11.5 Å². The lowest BCUT2D eigenvalue weighted by molar-refractivity contribution is -0.129. The molecule has 2 amide bonds. The molecule has 1 fully saturated rings. The average Bonchev–Trinajstić information content (AvgIpc) is 3.09. The highest BCUT2D eigenvalue weighted by atomic mass is 16.5.